The maximum atomic E-state index is 9.75. The molecular weight excluding hydrogens is 220 g/mol. The summed E-state index contributed by atoms with van der Waals surface area (Å²) in [6, 6.07) is 0. The van der Waals surface area contributed by atoms with E-state index in [1.165, 1.54) is 0 Å². The van der Waals surface area contributed by atoms with Crippen molar-refractivity contribution in [2.45, 2.75) is 26.4 Å². The first-order chi connectivity index (χ1) is 5.27. The number of hydrogen-bond acceptors (Lipinski definition) is 2. The van der Waals surface area contributed by atoms with Gasteiger partial charge in [-0.15, -0.1) is 0 Å². The Hall–Kier alpha value is -0.280. The maximum absolute atomic E-state index is 9.75. The summed E-state index contributed by atoms with van der Waals surface area (Å²) in [4.78, 5) is 0. The highest BCUT2D eigenvalue weighted by Crippen LogP contribution is 2.23. The van der Waals surface area contributed by atoms with Crippen LogP contribution in [0.3, 0.4) is 0 Å². The summed E-state index contributed by atoms with van der Waals surface area (Å²) in [5.41, 5.74) is -0.926. The molecule has 70 valence electrons. The Balaban J connectivity index is 4.61. The van der Waals surface area contributed by atoms with Crippen LogP contribution in [0.15, 0.2) is 22.9 Å². The van der Waals surface area contributed by atoms with E-state index in [9.17, 15) is 5.11 Å². The van der Waals surface area contributed by atoms with Gasteiger partial charge in [0.05, 0.1) is 10.1 Å². The van der Waals surface area contributed by atoms with E-state index in [2.05, 4.69) is 22.5 Å². The summed E-state index contributed by atoms with van der Waals surface area (Å²) < 4.78 is 0.432. The van der Waals surface area contributed by atoms with Gasteiger partial charge in [0.1, 0.15) is 5.76 Å². The lowest BCUT2D eigenvalue weighted by Gasteiger charge is -2.24. The molecule has 0 saturated carbocycles. The summed E-state index contributed by atoms with van der Waals surface area (Å²) in [7, 11) is 0. The van der Waals surface area contributed by atoms with E-state index >= 15 is 0 Å². The topological polar surface area (TPSA) is 40.5 Å². The molecule has 0 aromatic rings. The second kappa shape index (κ2) is 4.10. The monoisotopic (exact) mass is 234 g/mol. The number of aliphatic hydroxyl groups is 2. The van der Waals surface area contributed by atoms with Gasteiger partial charge >= 0.3 is 0 Å². The molecule has 12 heavy (non-hydrogen) atoms. The largest absolute Gasteiger partial charge is 0.507 e. The van der Waals surface area contributed by atoms with E-state index in [4.69, 9.17) is 5.11 Å². The van der Waals surface area contributed by atoms with Crippen LogP contribution in [-0.4, -0.2) is 15.8 Å². The molecule has 0 bridgehead atoms. The van der Waals surface area contributed by atoms with Gasteiger partial charge in [0.2, 0.25) is 0 Å². The second-order valence-corrected chi connectivity index (χ2v) is 4.17. The van der Waals surface area contributed by atoms with E-state index in [1.807, 2.05) is 13.8 Å². The van der Waals surface area contributed by atoms with Crippen LogP contribution in [-0.2, 0) is 0 Å². The van der Waals surface area contributed by atoms with E-state index in [0.717, 1.165) is 0 Å². The zero-order chi connectivity index (χ0) is 9.94. The minimum Gasteiger partial charge on any atom is -0.507 e. The fraction of sp³-hybridized carbons (Fsp3) is 0.556. The lowest BCUT2D eigenvalue weighted by molar-refractivity contribution is 0.0621. The quantitative estimate of drug-likeness (QED) is 0.583. The number of aliphatic hydroxyl groups excluding tert-OH is 1. The van der Waals surface area contributed by atoms with Crippen molar-refractivity contribution in [1.29, 1.82) is 0 Å². The van der Waals surface area contributed by atoms with Crippen LogP contribution in [0.4, 0.5) is 0 Å². The summed E-state index contributed by atoms with van der Waals surface area (Å²) in [6.45, 7) is 8.81. The van der Waals surface area contributed by atoms with Crippen molar-refractivity contribution >= 4 is 15.9 Å². The molecule has 0 aliphatic rings. The molecule has 2 nitrogen and oxygen atoms in total. The summed E-state index contributed by atoms with van der Waals surface area (Å²) in [5.74, 6) is 0.0142. The summed E-state index contributed by atoms with van der Waals surface area (Å²) >= 11 is 3.10. The first-order valence-corrected chi connectivity index (χ1v) is 4.55. The van der Waals surface area contributed by atoms with Crippen LogP contribution in [0.1, 0.15) is 20.8 Å². The van der Waals surface area contributed by atoms with Gasteiger partial charge in [0.15, 0.2) is 0 Å². The minimum absolute atomic E-state index is 0.0732. The van der Waals surface area contributed by atoms with Crippen molar-refractivity contribution in [3.8, 4) is 0 Å². The molecule has 0 amide bonds. The highest BCUT2D eigenvalue weighted by molar-refractivity contribution is 9.11. The molecule has 0 rings (SSSR count). The van der Waals surface area contributed by atoms with Gasteiger partial charge in [-0.3, -0.25) is 0 Å². The Labute approximate surface area is 81.7 Å². The maximum Gasteiger partial charge on any atom is 0.122 e. The molecule has 1 atom stereocenters. The van der Waals surface area contributed by atoms with Gasteiger partial charge in [0, 0.05) is 0 Å². The summed E-state index contributed by atoms with van der Waals surface area (Å²) in [5, 5.41) is 18.7. The molecular formula is C9H15BrO2. The lowest BCUT2D eigenvalue weighted by Crippen LogP contribution is -2.28. The van der Waals surface area contributed by atoms with Crippen molar-refractivity contribution in [3.05, 3.63) is 22.9 Å². The second-order valence-electron chi connectivity index (χ2n) is 3.32. The zero-order valence-electron chi connectivity index (χ0n) is 7.63. The van der Waals surface area contributed by atoms with Crippen LogP contribution >= 0.6 is 15.9 Å². The first-order valence-electron chi connectivity index (χ1n) is 3.76. The Kier molecular flexibility index (Phi) is 4.00. The molecule has 0 heterocycles. The Morgan fingerprint density at radius 1 is 1.58 bits per heavy atom. The van der Waals surface area contributed by atoms with Gasteiger partial charge in [-0.05, 0) is 34.8 Å². The van der Waals surface area contributed by atoms with E-state index in [1.54, 1.807) is 13.0 Å². The van der Waals surface area contributed by atoms with Crippen molar-refractivity contribution in [1.82, 2.24) is 0 Å². The average Bonchev–Trinajstić information content (AvgIpc) is 1.85. The molecule has 2 N–H and O–H groups in total. The third kappa shape index (κ3) is 3.41. The fourth-order valence-corrected chi connectivity index (χ4v) is 0.970. The van der Waals surface area contributed by atoms with Crippen LogP contribution in [0.25, 0.3) is 0 Å². The van der Waals surface area contributed by atoms with Crippen LogP contribution in [0.2, 0.25) is 0 Å². The average molecular weight is 235 g/mol. The smallest absolute Gasteiger partial charge is 0.122 e. The van der Waals surface area contributed by atoms with Crippen LogP contribution in [0, 0.1) is 5.92 Å². The third-order valence-corrected chi connectivity index (χ3v) is 2.55. The Bertz CT molecular complexity index is 205. The number of halogens is 1. The van der Waals surface area contributed by atoms with Crippen molar-refractivity contribution in [2.75, 3.05) is 0 Å². The predicted molar refractivity (Wildman–Crippen MR) is 54.2 cm³/mol. The van der Waals surface area contributed by atoms with Crippen molar-refractivity contribution in [2.24, 2.45) is 5.92 Å². The molecule has 0 aliphatic heterocycles. The standard InChI is InChI=1S/C9H15BrO2/c1-6(2)9(4,12)5-8(10)7(3)11/h5-6,11-12H,3H2,1-2,4H3/b8-5+. The normalized spacial score (nSPS) is 17.7. The number of hydrogen-bond donors (Lipinski definition) is 2. The third-order valence-electron chi connectivity index (χ3n) is 1.86. The molecule has 0 fully saturated rings. The molecule has 0 saturated heterocycles. The van der Waals surface area contributed by atoms with Crippen LogP contribution < -0.4 is 0 Å². The molecule has 0 aromatic carbocycles. The van der Waals surface area contributed by atoms with Gasteiger partial charge in [-0.2, -0.15) is 0 Å². The predicted octanol–water partition coefficient (Wildman–Crippen LogP) is 2.74. The molecule has 0 aromatic heterocycles. The van der Waals surface area contributed by atoms with Gasteiger partial charge < -0.3 is 10.2 Å². The highest BCUT2D eigenvalue weighted by atomic mass is 79.9. The first kappa shape index (κ1) is 11.7. The highest BCUT2D eigenvalue weighted by Gasteiger charge is 2.22. The molecule has 1 unspecified atom stereocenters. The molecule has 3 heteroatoms. The minimum atomic E-state index is -0.926. The van der Waals surface area contributed by atoms with E-state index in [-0.39, 0.29) is 11.7 Å². The number of rotatable bonds is 3. The van der Waals surface area contributed by atoms with E-state index < -0.39 is 5.60 Å². The number of allylic oxidation sites excluding steroid dienone is 1. The van der Waals surface area contributed by atoms with Crippen molar-refractivity contribution in [3.63, 3.8) is 0 Å². The lowest BCUT2D eigenvalue weighted by atomic mass is 9.92. The van der Waals surface area contributed by atoms with Crippen LogP contribution in [0.5, 0.6) is 0 Å². The Morgan fingerprint density at radius 2 is 2.00 bits per heavy atom. The molecule has 0 radical (unpaired) electrons. The van der Waals surface area contributed by atoms with Gasteiger partial charge in [0.25, 0.3) is 0 Å². The summed E-state index contributed by atoms with van der Waals surface area (Å²) in [6.07, 6.45) is 1.54. The van der Waals surface area contributed by atoms with Gasteiger partial charge in [-0.25, -0.2) is 0 Å². The molecule has 0 aliphatic carbocycles. The fourth-order valence-electron chi connectivity index (χ4n) is 0.507. The Morgan fingerprint density at radius 3 is 2.25 bits per heavy atom. The van der Waals surface area contributed by atoms with Gasteiger partial charge in [-0.1, -0.05) is 20.4 Å². The van der Waals surface area contributed by atoms with E-state index in [0.29, 0.717) is 4.48 Å². The zero-order valence-corrected chi connectivity index (χ0v) is 9.22. The van der Waals surface area contributed by atoms with Crippen molar-refractivity contribution < 1.29 is 10.2 Å². The molecule has 0 spiro atoms. The SMILES string of the molecule is C=C(O)/C(Br)=C\C(C)(O)C(C)C.